The van der Waals surface area contributed by atoms with Crippen molar-refractivity contribution in [3.63, 3.8) is 0 Å². The zero-order valence-electron chi connectivity index (χ0n) is 8.84. The Morgan fingerprint density at radius 1 is 1.59 bits per heavy atom. The molecule has 0 atom stereocenters. The average molecular weight is 268 g/mol. The fourth-order valence-electron chi connectivity index (χ4n) is 1.26. The number of hydrogen-bond acceptors (Lipinski definition) is 3. The van der Waals surface area contributed by atoms with Gasteiger partial charge in [-0.3, -0.25) is 0 Å². The third kappa shape index (κ3) is 3.09. The maximum Gasteiger partial charge on any atom is 0.357 e. The van der Waals surface area contributed by atoms with Crippen LogP contribution in [0.25, 0.3) is 0 Å². The van der Waals surface area contributed by atoms with Gasteiger partial charge in [0.1, 0.15) is 0 Å². The lowest BCUT2D eigenvalue weighted by Gasteiger charge is -2.10. The smallest absolute Gasteiger partial charge is 0.357 e. The van der Waals surface area contributed by atoms with Crippen LogP contribution in [0.5, 0.6) is 0 Å². The predicted octanol–water partition coefficient (Wildman–Crippen LogP) is 3.07. The van der Waals surface area contributed by atoms with Gasteiger partial charge in [0.2, 0.25) is 5.95 Å². The molecule has 0 radical (unpaired) electrons. The Morgan fingerprint density at radius 2 is 2.24 bits per heavy atom. The summed E-state index contributed by atoms with van der Waals surface area (Å²) in [7, 11) is 0. The second-order valence-corrected chi connectivity index (χ2v) is 3.28. The van der Waals surface area contributed by atoms with Gasteiger partial charge in [0.15, 0.2) is 5.69 Å². The number of esters is 1. The molecule has 0 amide bonds. The molecule has 0 saturated heterocycles. The van der Waals surface area contributed by atoms with Crippen molar-refractivity contribution < 1.29 is 22.7 Å². The van der Waals surface area contributed by atoms with Crippen LogP contribution in [-0.4, -0.2) is 17.6 Å². The number of alkyl halides is 3. The van der Waals surface area contributed by atoms with Crippen LogP contribution in [0, 0.1) is 5.95 Å². The van der Waals surface area contributed by atoms with Gasteiger partial charge in [-0.05, 0) is 6.92 Å². The number of nitrogens with zero attached hydrogens (tertiary/aromatic N) is 1. The van der Waals surface area contributed by atoms with Gasteiger partial charge in [-0.2, -0.15) is 4.39 Å². The molecule has 0 saturated carbocycles. The normalized spacial score (nSPS) is 10.7. The summed E-state index contributed by atoms with van der Waals surface area (Å²) in [5, 5.41) is 0. The molecule has 0 aromatic carbocycles. The average Bonchev–Trinajstić information content (AvgIpc) is 2.28. The summed E-state index contributed by atoms with van der Waals surface area (Å²) in [6, 6.07) is 0.561. The zero-order valence-corrected chi connectivity index (χ0v) is 9.60. The predicted molar refractivity (Wildman–Crippen MR) is 54.7 cm³/mol. The zero-order chi connectivity index (χ0) is 13.0. The number of pyridine rings is 1. The number of aromatic nitrogens is 1. The lowest BCUT2D eigenvalue weighted by atomic mass is 10.1. The van der Waals surface area contributed by atoms with E-state index in [2.05, 4.69) is 9.72 Å². The van der Waals surface area contributed by atoms with Crippen LogP contribution in [0.4, 0.5) is 13.2 Å². The van der Waals surface area contributed by atoms with Crippen LogP contribution in [0.1, 0.15) is 35.0 Å². The van der Waals surface area contributed by atoms with E-state index in [9.17, 15) is 18.0 Å². The van der Waals surface area contributed by atoms with E-state index in [-0.39, 0.29) is 18.1 Å². The first-order valence-electron chi connectivity index (χ1n) is 4.71. The Kier molecular flexibility index (Phi) is 4.74. The first-order valence-corrected chi connectivity index (χ1v) is 5.25. The fraction of sp³-hybridized carbons (Fsp3) is 0.400. The van der Waals surface area contributed by atoms with Crippen molar-refractivity contribution in [1.82, 2.24) is 4.98 Å². The van der Waals surface area contributed by atoms with E-state index in [0.717, 1.165) is 0 Å². The lowest BCUT2D eigenvalue weighted by molar-refractivity contribution is 0.0516. The summed E-state index contributed by atoms with van der Waals surface area (Å²) in [6.07, 6.45) is -2.94. The van der Waals surface area contributed by atoms with E-state index in [4.69, 9.17) is 11.6 Å². The molecule has 1 aromatic rings. The molecule has 0 aliphatic rings. The van der Waals surface area contributed by atoms with Crippen LogP contribution in [0.2, 0.25) is 0 Å². The Balaban J connectivity index is 3.32. The molecule has 0 aliphatic carbocycles. The minimum absolute atomic E-state index is 0.0305. The first-order chi connectivity index (χ1) is 8.01. The third-order valence-electron chi connectivity index (χ3n) is 1.97. The van der Waals surface area contributed by atoms with Gasteiger partial charge < -0.3 is 4.74 Å². The van der Waals surface area contributed by atoms with Gasteiger partial charge in [-0.15, -0.1) is 11.6 Å². The van der Waals surface area contributed by atoms with E-state index in [1.165, 1.54) is 6.92 Å². The summed E-state index contributed by atoms with van der Waals surface area (Å²) in [6.45, 7) is 1.56. The largest absolute Gasteiger partial charge is 0.461 e. The third-order valence-corrected chi connectivity index (χ3v) is 2.23. The highest BCUT2D eigenvalue weighted by Gasteiger charge is 2.23. The van der Waals surface area contributed by atoms with Crippen LogP contribution >= 0.6 is 11.6 Å². The summed E-state index contributed by atoms with van der Waals surface area (Å²) in [5.74, 6) is -2.51. The Labute approximate surface area is 101 Å². The quantitative estimate of drug-likeness (QED) is 0.478. The van der Waals surface area contributed by atoms with Gasteiger partial charge in [0.25, 0.3) is 6.43 Å². The minimum atomic E-state index is -2.94. The Morgan fingerprint density at radius 3 is 2.71 bits per heavy atom. The maximum absolute atomic E-state index is 13.0. The lowest BCUT2D eigenvalue weighted by Crippen LogP contribution is -2.13. The SMILES string of the molecule is CCOC(=O)c1nc(F)cc(C(F)F)c1CCl. The molecule has 1 heterocycles. The molecule has 0 spiro atoms. The summed E-state index contributed by atoms with van der Waals surface area (Å²) in [4.78, 5) is 14.6. The molecule has 0 unspecified atom stereocenters. The van der Waals surface area contributed by atoms with Gasteiger partial charge in [0, 0.05) is 17.2 Å². The number of carbonyl (C=O) groups is 1. The van der Waals surface area contributed by atoms with E-state index in [1.54, 1.807) is 0 Å². The van der Waals surface area contributed by atoms with Crippen molar-refractivity contribution in [3.05, 3.63) is 28.8 Å². The van der Waals surface area contributed by atoms with Crippen LogP contribution in [-0.2, 0) is 10.6 Å². The van der Waals surface area contributed by atoms with E-state index in [1.807, 2.05) is 0 Å². The van der Waals surface area contributed by atoms with Crippen molar-refractivity contribution in [1.29, 1.82) is 0 Å². The standard InChI is InChI=1S/C10H9ClF3NO2/c1-2-17-10(16)8-6(4-11)5(9(13)14)3-7(12)15-8/h3,9H,2,4H2,1H3. The molecule has 17 heavy (non-hydrogen) atoms. The number of hydrogen-bond donors (Lipinski definition) is 0. The van der Waals surface area contributed by atoms with Crippen molar-refractivity contribution in [2.75, 3.05) is 6.61 Å². The van der Waals surface area contributed by atoms with Gasteiger partial charge >= 0.3 is 5.97 Å². The molecule has 0 aliphatic heterocycles. The van der Waals surface area contributed by atoms with E-state index in [0.29, 0.717) is 6.07 Å². The highest BCUT2D eigenvalue weighted by Crippen LogP contribution is 2.27. The molecule has 0 fully saturated rings. The molecule has 94 valence electrons. The van der Waals surface area contributed by atoms with E-state index >= 15 is 0 Å². The molecule has 0 N–H and O–H groups in total. The van der Waals surface area contributed by atoms with Crippen molar-refractivity contribution in [3.8, 4) is 0 Å². The molecule has 1 aromatic heterocycles. The van der Waals surface area contributed by atoms with Gasteiger partial charge in [-0.25, -0.2) is 18.6 Å². The number of carbonyl (C=O) groups excluding carboxylic acids is 1. The molecular formula is C10H9ClF3NO2. The molecular weight excluding hydrogens is 259 g/mol. The van der Waals surface area contributed by atoms with Gasteiger partial charge in [0.05, 0.1) is 12.5 Å². The molecule has 1 rings (SSSR count). The van der Waals surface area contributed by atoms with Crippen molar-refractivity contribution in [2.45, 2.75) is 19.2 Å². The summed E-state index contributed by atoms with van der Waals surface area (Å²) >= 11 is 5.47. The molecule has 7 heteroatoms. The minimum Gasteiger partial charge on any atom is -0.461 e. The monoisotopic (exact) mass is 267 g/mol. The topological polar surface area (TPSA) is 39.2 Å². The fourth-order valence-corrected chi connectivity index (χ4v) is 1.54. The van der Waals surface area contributed by atoms with Crippen molar-refractivity contribution in [2.24, 2.45) is 0 Å². The molecule has 3 nitrogen and oxygen atoms in total. The number of rotatable bonds is 4. The van der Waals surface area contributed by atoms with Crippen molar-refractivity contribution >= 4 is 17.6 Å². The second-order valence-electron chi connectivity index (χ2n) is 3.02. The highest BCUT2D eigenvalue weighted by molar-refractivity contribution is 6.17. The first kappa shape index (κ1) is 13.8. The van der Waals surface area contributed by atoms with Crippen LogP contribution in [0.15, 0.2) is 6.07 Å². The summed E-state index contributed by atoms with van der Waals surface area (Å²) in [5.41, 5.74) is -1.35. The van der Waals surface area contributed by atoms with E-state index < -0.39 is 29.6 Å². The second kappa shape index (κ2) is 5.86. The van der Waals surface area contributed by atoms with Gasteiger partial charge in [-0.1, -0.05) is 0 Å². The molecule has 0 bridgehead atoms. The highest BCUT2D eigenvalue weighted by atomic mass is 35.5. The Bertz CT molecular complexity index is 426. The maximum atomic E-state index is 13.0. The van der Waals surface area contributed by atoms with Crippen LogP contribution < -0.4 is 0 Å². The number of ether oxygens (including phenoxy) is 1. The number of halogens is 4. The Hall–Kier alpha value is -1.30. The van der Waals surface area contributed by atoms with Crippen LogP contribution in [0.3, 0.4) is 0 Å². The summed E-state index contributed by atoms with van der Waals surface area (Å²) < 4.78 is 42.8.